The highest BCUT2D eigenvalue weighted by atomic mass is 32.2. The number of methoxy groups -OCH3 is 1. The second kappa shape index (κ2) is 7.95. The predicted molar refractivity (Wildman–Crippen MR) is 94.7 cm³/mol. The first-order valence-corrected chi connectivity index (χ1v) is 8.59. The van der Waals surface area contributed by atoms with Gasteiger partial charge in [-0.25, -0.2) is 14.5 Å². The molecule has 9 heteroatoms. The molecular formula is C16H17N5O3S. The van der Waals surface area contributed by atoms with E-state index in [4.69, 9.17) is 4.74 Å². The van der Waals surface area contributed by atoms with Gasteiger partial charge >= 0.3 is 0 Å². The molecule has 0 unspecified atom stereocenters. The molecule has 1 aromatic carbocycles. The van der Waals surface area contributed by atoms with Gasteiger partial charge in [0.2, 0.25) is 5.91 Å². The van der Waals surface area contributed by atoms with E-state index in [1.54, 1.807) is 7.11 Å². The molecule has 0 atom stereocenters. The number of fused-ring (bicyclic) bond motifs is 1. The summed E-state index contributed by atoms with van der Waals surface area (Å²) in [6.45, 7) is 0.905. The van der Waals surface area contributed by atoms with Gasteiger partial charge in [0.25, 0.3) is 5.56 Å². The summed E-state index contributed by atoms with van der Waals surface area (Å²) in [5.41, 5.74) is 1.03. The highest BCUT2D eigenvalue weighted by Gasteiger charge is 2.12. The van der Waals surface area contributed by atoms with E-state index in [-0.39, 0.29) is 17.2 Å². The number of aromatic amines is 1. The largest absolute Gasteiger partial charge is 0.383 e. The van der Waals surface area contributed by atoms with Crippen LogP contribution in [0.25, 0.3) is 17.0 Å². The Hall–Kier alpha value is -2.65. The first kappa shape index (κ1) is 17.2. The molecule has 2 N–H and O–H groups in total. The number of thioether (sulfide) groups is 1. The molecule has 0 fully saturated rings. The van der Waals surface area contributed by atoms with Crippen molar-refractivity contribution in [3.05, 3.63) is 46.8 Å². The van der Waals surface area contributed by atoms with E-state index < -0.39 is 0 Å². The maximum atomic E-state index is 11.9. The zero-order chi connectivity index (χ0) is 17.6. The topological polar surface area (TPSA) is 101 Å². The molecule has 0 aliphatic carbocycles. The number of aromatic nitrogens is 4. The Morgan fingerprint density at radius 3 is 2.88 bits per heavy atom. The number of ether oxygens (including phenoxy) is 1. The molecule has 0 radical (unpaired) electrons. The Morgan fingerprint density at radius 2 is 2.12 bits per heavy atom. The second-order valence-electron chi connectivity index (χ2n) is 5.14. The van der Waals surface area contributed by atoms with Crippen LogP contribution >= 0.6 is 11.8 Å². The van der Waals surface area contributed by atoms with Crippen molar-refractivity contribution in [2.45, 2.75) is 5.16 Å². The average Bonchev–Trinajstić information content (AvgIpc) is 3.01. The van der Waals surface area contributed by atoms with Crippen LogP contribution in [-0.2, 0) is 9.53 Å². The van der Waals surface area contributed by atoms with Crippen molar-refractivity contribution in [3.8, 4) is 11.4 Å². The number of amides is 1. The third-order valence-corrected chi connectivity index (χ3v) is 4.26. The van der Waals surface area contributed by atoms with Crippen molar-refractivity contribution in [1.82, 2.24) is 24.9 Å². The molecule has 0 aliphatic heterocycles. The first-order chi connectivity index (χ1) is 12.2. The summed E-state index contributed by atoms with van der Waals surface area (Å²) in [6, 6.07) is 10.9. The lowest BCUT2D eigenvalue weighted by atomic mass is 10.2. The predicted octanol–water partition coefficient (Wildman–Crippen LogP) is 0.939. The number of hydrogen-bond acceptors (Lipinski definition) is 6. The molecule has 3 aromatic rings. The third kappa shape index (κ3) is 4.25. The van der Waals surface area contributed by atoms with Crippen LogP contribution in [0.1, 0.15) is 0 Å². The Kier molecular flexibility index (Phi) is 5.46. The highest BCUT2D eigenvalue weighted by Crippen LogP contribution is 2.21. The lowest BCUT2D eigenvalue weighted by Crippen LogP contribution is -2.28. The standard InChI is InChI=1S/C16H17N5O3S/c1-24-8-7-17-14(23)10-25-16-19-15(11-5-3-2-4-6-11)18-12-9-13(22)20-21(12)16/h2-6,9H,7-8,10H2,1H3,(H,17,23)(H,20,22). The molecule has 0 bridgehead atoms. The maximum Gasteiger partial charge on any atom is 0.266 e. The summed E-state index contributed by atoms with van der Waals surface area (Å²) in [4.78, 5) is 32.4. The SMILES string of the molecule is COCCNC(=O)CSc1nc(-c2ccccc2)nc2cc(=O)[nH]n12. The Morgan fingerprint density at radius 1 is 1.32 bits per heavy atom. The highest BCUT2D eigenvalue weighted by molar-refractivity contribution is 7.99. The number of nitrogens with zero attached hydrogens (tertiary/aromatic N) is 3. The number of H-pyrrole nitrogens is 1. The van der Waals surface area contributed by atoms with Crippen molar-refractivity contribution >= 4 is 23.3 Å². The van der Waals surface area contributed by atoms with E-state index in [1.807, 2.05) is 30.3 Å². The van der Waals surface area contributed by atoms with Crippen molar-refractivity contribution in [3.63, 3.8) is 0 Å². The zero-order valence-corrected chi connectivity index (χ0v) is 14.4. The van der Waals surface area contributed by atoms with E-state index in [9.17, 15) is 9.59 Å². The Labute approximate surface area is 147 Å². The van der Waals surface area contributed by atoms with E-state index in [1.165, 1.54) is 22.3 Å². The normalized spacial score (nSPS) is 10.9. The molecule has 0 saturated carbocycles. The molecule has 0 aliphatic rings. The van der Waals surface area contributed by atoms with Gasteiger partial charge in [0.1, 0.15) is 0 Å². The second-order valence-corrected chi connectivity index (χ2v) is 6.08. The van der Waals surface area contributed by atoms with E-state index in [0.717, 1.165) is 5.56 Å². The third-order valence-electron chi connectivity index (χ3n) is 3.32. The van der Waals surface area contributed by atoms with E-state index in [0.29, 0.717) is 29.8 Å². The van der Waals surface area contributed by atoms with Crippen molar-refractivity contribution in [2.24, 2.45) is 0 Å². The number of benzene rings is 1. The summed E-state index contributed by atoms with van der Waals surface area (Å²) in [6.07, 6.45) is 0. The minimum absolute atomic E-state index is 0.135. The molecule has 2 heterocycles. The van der Waals surface area contributed by atoms with Crippen LogP contribution in [0.4, 0.5) is 0 Å². The van der Waals surface area contributed by atoms with Crippen LogP contribution in [0, 0.1) is 0 Å². The fourth-order valence-corrected chi connectivity index (χ4v) is 2.95. The van der Waals surface area contributed by atoms with Crippen molar-refractivity contribution in [2.75, 3.05) is 26.0 Å². The Balaban J connectivity index is 1.85. The van der Waals surface area contributed by atoms with E-state index >= 15 is 0 Å². The Bertz CT molecular complexity index is 922. The maximum absolute atomic E-state index is 11.9. The van der Waals surface area contributed by atoms with Gasteiger partial charge in [-0.1, -0.05) is 42.1 Å². The van der Waals surface area contributed by atoms with Gasteiger partial charge in [-0.15, -0.1) is 0 Å². The number of carbonyl (C=O) groups is 1. The molecule has 25 heavy (non-hydrogen) atoms. The van der Waals surface area contributed by atoms with Gasteiger partial charge in [-0.05, 0) is 0 Å². The molecule has 130 valence electrons. The summed E-state index contributed by atoms with van der Waals surface area (Å²) < 4.78 is 6.38. The first-order valence-electron chi connectivity index (χ1n) is 7.61. The summed E-state index contributed by atoms with van der Waals surface area (Å²) in [7, 11) is 1.58. The monoisotopic (exact) mass is 359 g/mol. The zero-order valence-electron chi connectivity index (χ0n) is 13.6. The van der Waals surface area contributed by atoms with Gasteiger partial charge in [-0.2, -0.15) is 0 Å². The quantitative estimate of drug-likeness (QED) is 0.481. The van der Waals surface area contributed by atoms with Crippen LogP contribution in [0.3, 0.4) is 0 Å². The van der Waals surface area contributed by atoms with Crippen LogP contribution in [0.5, 0.6) is 0 Å². The van der Waals surface area contributed by atoms with Gasteiger partial charge < -0.3 is 10.1 Å². The van der Waals surface area contributed by atoms with Gasteiger partial charge in [0, 0.05) is 25.3 Å². The smallest absolute Gasteiger partial charge is 0.266 e. The fraction of sp³-hybridized carbons (Fsp3) is 0.250. The summed E-state index contributed by atoms with van der Waals surface area (Å²) in [5.74, 6) is 0.538. The molecular weight excluding hydrogens is 342 g/mol. The number of rotatable bonds is 7. The van der Waals surface area contributed by atoms with Gasteiger partial charge in [0.15, 0.2) is 16.6 Å². The fourth-order valence-electron chi connectivity index (χ4n) is 2.17. The summed E-state index contributed by atoms with van der Waals surface area (Å²) >= 11 is 1.23. The summed E-state index contributed by atoms with van der Waals surface area (Å²) in [5, 5.41) is 5.88. The lowest BCUT2D eigenvalue weighted by Gasteiger charge is -2.08. The van der Waals surface area contributed by atoms with Gasteiger partial charge in [0.05, 0.1) is 12.4 Å². The molecule has 0 saturated heterocycles. The molecule has 2 aromatic heterocycles. The van der Waals surface area contributed by atoms with Crippen LogP contribution < -0.4 is 10.9 Å². The van der Waals surface area contributed by atoms with Gasteiger partial charge in [-0.3, -0.25) is 14.7 Å². The van der Waals surface area contributed by atoms with Crippen molar-refractivity contribution in [1.29, 1.82) is 0 Å². The number of hydrogen-bond donors (Lipinski definition) is 2. The molecule has 0 spiro atoms. The van der Waals surface area contributed by atoms with Crippen molar-refractivity contribution < 1.29 is 9.53 Å². The van der Waals surface area contributed by atoms with Crippen LogP contribution in [-0.4, -0.2) is 51.5 Å². The van der Waals surface area contributed by atoms with Crippen LogP contribution in [0.15, 0.2) is 46.3 Å². The molecule has 8 nitrogen and oxygen atoms in total. The molecule has 3 rings (SSSR count). The van der Waals surface area contributed by atoms with Crippen LogP contribution in [0.2, 0.25) is 0 Å². The lowest BCUT2D eigenvalue weighted by molar-refractivity contribution is -0.118. The number of nitrogens with one attached hydrogen (secondary N) is 2. The minimum atomic E-state index is -0.272. The number of carbonyl (C=O) groups excluding carboxylic acids is 1. The minimum Gasteiger partial charge on any atom is -0.383 e. The molecule has 1 amide bonds. The van der Waals surface area contributed by atoms with E-state index in [2.05, 4.69) is 20.4 Å². The average molecular weight is 359 g/mol.